The van der Waals surface area contributed by atoms with E-state index >= 15 is 0 Å². The molecule has 0 aliphatic heterocycles. The van der Waals surface area contributed by atoms with E-state index in [0.29, 0.717) is 27.5 Å². The number of nitrogens with zero attached hydrogens (tertiary/aromatic N) is 1. The number of rotatable bonds is 10. The number of anilines is 2. The van der Waals surface area contributed by atoms with Gasteiger partial charge in [0.2, 0.25) is 5.91 Å². The molecule has 4 aromatic rings. The number of aryl methyl sites for hydroxylation is 1. The van der Waals surface area contributed by atoms with Gasteiger partial charge in [-0.15, -0.1) is 11.8 Å². The largest absolute Gasteiger partial charge is 0.325 e. The number of nitrogens with one attached hydrogen (secondary N) is 3. The van der Waals surface area contributed by atoms with Gasteiger partial charge in [0.1, 0.15) is 5.70 Å². The highest BCUT2D eigenvalue weighted by atomic mass is 35.5. The minimum Gasteiger partial charge on any atom is -0.325 e. The Bertz CT molecular complexity index is 1690. The molecule has 3 N–H and O–H groups in total. The van der Waals surface area contributed by atoms with Gasteiger partial charge in [0.15, 0.2) is 0 Å². The quantitative estimate of drug-likeness (QED) is 0.0757. The van der Waals surface area contributed by atoms with Crippen molar-refractivity contribution < 1.29 is 19.3 Å². The predicted molar refractivity (Wildman–Crippen MR) is 170 cm³/mol. The van der Waals surface area contributed by atoms with Crippen LogP contribution in [0.1, 0.15) is 28.4 Å². The third-order valence-corrected chi connectivity index (χ3v) is 7.50. The van der Waals surface area contributed by atoms with Gasteiger partial charge in [-0.05, 0) is 85.6 Å². The lowest BCUT2D eigenvalue weighted by Gasteiger charge is -2.15. The summed E-state index contributed by atoms with van der Waals surface area (Å²) in [5, 5.41) is 19.4. The number of thioether (sulfide) groups is 1. The Hall–Kier alpha value is -4.93. The molecule has 218 valence electrons. The van der Waals surface area contributed by atoms with Gasteiger partial charge in [0, 0.05) is 39.0 Å². The third-order valence-electron chi connectivity index (χ3n) is 6.18. The van der Waals surface area contributed by atoms with Crippen LogP contribution in [-0.4, -0.2) is 27.9 Å². The molecule has 0 saturated carbocycles. The highest BCUT2D eigenvalue weighted by Crippen LogP contribution is 2.28. The van der Waals surface area contributed by atoms with Crippen molar-refractivity contribution in [1.29, 1.82) is 0 Å². The van der Waals surface area contributed by atoms with Crippen LogP contribution in [-0.2, 0) is 9.59 Å². The van der Waals surface area contributed by atoms with Crippen LogP contribution in [0.4, 0.5) is 17.1 Å². The van der Waals surface area contributed by atoms with E-state index < -0.39 is 22.0 Å². The zero-order valence-electron chi connectivity index (χ0n) is 23.2. The summed E-state index contributed by atoms with van der Waals surface area (Å²) in [5.41, 5.74) is 2.62. The molecule has 0 spiro atoms. The Labute approximate surface area is 257 Å². The first-order valence-corrected chi connectivity index (χ1v) is 14.3. The van der Waals surface area contributed by atoms with Crippen LogP contribution in [0, 0.1) is 17.0 Å². The molecule has 4 aromatic carbocycles. The number of non-ortho nitro benzene ring substituents is 1. The van der Waals surface area contributed by atoms with Crippen LogP contribution in [0.15, 0.2) is 108 Å². The maximum atomic E-state index is 13.4. The summed E-state index contributed by atoms with van der Waals surface area (Å²) in [6.07, 6.45) is 1.43. The summed E-state index contributed by atoms with van der Waals surface area (Å²) >= 11 is 7.38. The van der Waals surface area contributed by atoms with Gasteiger partial charge in [-0.3, -0.25) is 24.5 Å². The summed E-state index contributed by atoms with van der Waals surface area (Å²) in [6.45, 7) is 3.65. The molecule has 0 saturated heterocycles. The van der Waals surface area contributed by atoms with Crippen molar-refractivity contribution in [3.8, 4) is 0 Å². The number of nitro groups is 1. The second kappa shape index (κ2) is 14.3. The van der Waals surface area contributed by atoms with Crippen molar-refractivity contribution in [3.63, 3.8) is 0 Å². The first-order valence-electron chi connectivity index (χ1n) is 13.1. The average molecular weight is 615 g/mol. The van der Waals surface area contributed by atoms with Gasteiger partial charge in [-0.2, -0.15) is 0 Å². The molecule has 0 heterocycles. The monoisotopic (exact) mass is 614 g/mol. The Morgan fingerprint density at radius 3 is 2.33 bits per heavy atom. The molecule has 4 rings (SSSR count). The minimum absolute atomic E-state index is 0.0644. The fourth-order valence-electron chi connectivity index (χ4n) is 3.87. The van der Waals surface area contributed by atoms with E-state index in [9.17, 15) is 24.5 Å². The topological polar surface area (TPSA) is 130 Å². The Kier molecular flexibility index (Phi) is 10.3. The van der Waals surface area contributed by atoms with E-state index in [1.807, 2.05) is 19.1 Å². The van der Waals surface area contributed by atoms with Gasteiger partial charge in [0.25, 0.3) is 17.5 Å². The molecule has 1 atom stereocenters. The van der Waals surface area contributed by atoms with E-state index in [1.54, 1.807) is 67.6 Å². The van der Waals surface area contributed by atoms with Crippen molar-refractivity contribution in [2.24, 2.45) is 0 Å². The standard InChI is InChI=1S/C32H27ClN4O5S/c1-20-11-14-24(33)18-28(20)35-30(38)21(2)43-27-10-6-9-25(19-27)34-32(40)29(36-31(39)23-7-4-3-5-8-23)17-22-12-15-26(16-13-22)37(41)42/h3-19,21H,1-2H3,(H,34,40)(H,35,38)(H,36,39)/b29-17+. The van der Waals surface area contributed by atoms with Crippen molar-refractivity contribution in [3.05, 3.63) is 135 Å². The van der Waals surface area contributed by atoms with E-state index in [0.717, 1.165) is 10.5 Å². The summed E-state index contributed by atoms with van der Waals surface area (Å²) in [4.78, 5) is 50.4. The summed E-state index contributed by atoms with van der Waals surface area (Å²) in [7, 11) is 0. The van der Waals surface area contributed by atoms with E-state index in [4.69, 9.17) is 11.6 Å². The second-order valence-electron chi connectivity index (χ2n) is 9.42. The van der Waals surface area contributed by atoms with E-state index in [1.165, 1.54) is 42.1 Å². The zero-order valence-corrected chi connectivity index (χ0v) is 24.7. The van der Waals surface area contributed by atoms with Crippen LogP contribution >= 0.6 is 23.4 Å². The molecular formula is C32H27ClN4O5S. The van der Waals surface area contributed by atoms with Gasteiger partial charge < -0.3 is 16.0 Å². The molecule has 43 heavy (non-hydrogen) atoms. The van der Waals surface area contributed by atoms with Crippen molar-refractivity contribution in [2.75, 3.05) is 10.6 Å². The van der Waals surface area contributed by atoms with Crippen LogP contribution in [0.3, 0.4) is 0 Å². The van der Waals surface area contributed by atoms with Gasteiger partial charge in [-0.1, -0.05) is 41.9 Å². The molecule has 0 fully saturated rings. The number of hydrogen-bond donors (Lipinski definition) is 3. The molecule has 9 nitrogen and oxygen atoms in total. The highest BCUT2D eigenvalue weighted by Gasteiger charge is 2.18. The minimum atomic E-state index is -0.605. The second-order valence-corrected chi connectivity index (χ2v) is 11.3. The van der Waals surface area contributed by atoms with Crippen LogP contribution in [0.5, 0.6) is 0 Å². The molecule has 0 aliphatic rings. The molecule has 0 bridgehead atoms. The average Bonchev–Trinajstić information content (AvgIpc) is 2.99. The molecule has 1 unspecified atom stereocenters. The van der Waals surface area contributed by atoms with Crippen LogP contribution in [0.2, 0.25) is 5.02 Å². The summed E-state index contributed by atoms with van der Waals surface area (Å²) in [6, 6.07) is 26.2. The lowest BCUT2D eigenvalue weighted by molar-refractivity contribution is -0.384. The SMILES string of the molecule is Cc1ccc(Cl)cc1NC(=O)C(C)Sc1cccc(NC(=O)/C(=C\c2ccc([N+](=O)[O-])cc2)NC(=O)c2ccccc2)c1. The maximum Gasteiger partial charge on any atom is 0.272 e. The number of benzene rings is 4. The molecule has 3 amide bonds. The fraction of sp³-hybridized carbons (Fsp3) is 0.0938. The summed E-state index contributed by atoms with van der Waals surface area (Å²) < 4.78 is 0. The number of hydrogen-bond acceptors (Lipinski definition) is 6. The van der Waals surface area contributed by atoms with Crippen molar-refractivity contribution >= 4 is 64.2 Å². The lowest BCUT2D eigenvalue weighted by Crippen LogP contribution is -2.30. The first-order chi connectivity index (χ1) is 20.6. The molecule has 0 radical (unpaired) electrons. The number of carbonyl (C=O) groups is 3. The lowest BCUT2D eigenvalue weighted by atomic mass is 10.1. The normalized spacial score (nSPS) is 11.7. The van der Waals surface area contributed by atoms with Crippen LogP contribution < -0.4 is 16.0 Å². The number of nitro benzene ring substituents is 1. The predicted octanol–water partition coefficient (Wildman–Crippen LogP) is 7.09. The van der Waals surface area contributed by atoms with Crippen molar-refractivity contribution in [1.82, 2.24) is 5.32 Å². The van der Waals surface area contributed by atoms with Gasteiger partial charge in [0.05, 0.1) is 10.2 Å². The molecular weight excluding hydrogens is 588 g/mol. The molecule has 0 aromatic heterocycles. The number of carbonyl (C=O) groups excluding carboxylic acids is 3. The van der Waals surface area contributed by atoms with Gasteiger partial charge in [-0.25, -0.2) is 0 Å². The highest BCUT2D eigenvalue weighted by molar-refractivity contribution is 8.00. The van der Waals surface area contributed by atoms with E-state index in [2.05, 4.69) is 16.0 Å². The zero-order chi connectivity index (χ0) is 30.9. The number of halogens is 1. The Morgan fingerprint density at radius 2 is 1.63 bits per heavy atom. The summed E-state index contributed by atoms with van der Waals surface area (Å²) in [5.74, 6) is -1.31. The number of amides is 3. The van der Waals surface area contributed by atoms with Crippen LogP contribution in [0.25, 0.3) is 6.08 Å². The van der Waals surface area contributed by atoms with Crippen molar-refractivity contribution in [2.45, 2.75) is 24.0 Å². The Morgan fingerprint density at radius 1 is 0.907 bits per heavy atom. The van der Waals surface area contributed by atoms with Gasteiger partial charge >= 0.3 is 0 Å². The smallest absolute Gasteiger partial charge is 0.272 e. The molecule has 0 aliphatic carbocycles. The fourth-order valence-corrected chi connectivity index (χ4v) is 4.97. The van der Waals surface area contributed by atoms with E-state index in [-0.39, 0.29) is 17.3 Å². The molecule has 11 heteroatoms. The first kappa shape index (κ1) is 31.0. The Balaban J connectivity index is 1.50. The third kappa shape index (κ3) is 8.78. The maximum absolute atomic E-state index is 13.4.